The molecule has 0 amide bonds. The lowest BCUT2D eigenvalue weighted by Crippen LogP contribution is -2.22. The molecule has 108 valence electrons. The van der Waals surface area contributed by atoms with Gasteiger partial charge in [0.25, 0.3) is 5.89 Å². The van der Waals surface area contributed by atoms with Gasteiger partial charge in [-0.25, -0.2) is 4.39 Å². The number of benzene rings is 1. The van der Waals surface area contributed by atoms with Crippen LogP contribution in [0.5, 0.6) is 5.75 Å². The Balaban J connectivity index is 2.05. The van der Waals surface area contributed by atoms with Crippen LogP contribution in [-0.4, -0.2) is 16.2 Å². The molecule has 5 nitrogen and oxygen atoms in total. The third kappa shape index (κ3) is 4.03. The largest absolute Gasteiger partial charge is 0.483 e. The quantitative estimate of drug-likeness (QED) is 0.880. The van der Waals surface area contributed by atoms with Crippen molar-refractivity contribution in [3.8, 4) is 5.75 Å². The zero-order chi connectivity index (χ0) is 14.5. The number of nitrogens with zero attached hydrogens (tertiary/aromatic N) is 2. The molecule has 0 spiro atoms. The van der Waals surface area contributed by atoms with Crippen molar-refractivity contribution in [2.75, 3.05) is 0 Å². The number of hydrogen-bond donors (Lipinski definition) is 1. The van der Waals surface area contributed by atoms with Gasteiger partial charge in [-0.3, -0.25) is 0 Å². The van der Waals surface area contributed by atoms with Gasteiger partial charge in [-0.2, -0.15) is 0 Å². The maximum absolute atomic E-state index is 13.3. The Bertz CT molecular complexity index is 569. The van der Waals surface area contributed by atoms with Crippen LogP contribution in [0.2, 0.25) is 0 Å². The Hall–Kier alpha value is -1.95. The first-order chi connectivity index (χ1) is 9.54. The van der Waals surface area contributed by atoms with Crippen molar-refractivity contribution in [3.63, 3.8) is 0 Å². The van der Waals surface area contributed by atoms with E-state index in [1.54, 1.807) is 13.0 Å². The summed E-state index contributed by atoms with van der Waals surface area (Å²) in [4.78, 5) is 0. The lowest BCUT2D eigenvalue weighted by molar-refractivity contribution is 0.257. The summed E-state index contributed by atoms with van der Waals surface area (Å²) in [6.07, 6.45) is 0. The fourth-order valence-electron chi connectivity index (χ4n) is 1.68. The molecule has 1 aromatic heterocycles. The van der Waals surface area contributed by atoms with Crippen molar-refractivity contribution in [2.24, 2.45) is 0 Å². The van der Waals surface area contributed by atoms with Crippen LogP contribution in [0, 0.1) is 12.7 Å². The lowest BCUT2D eigenvalue weighted by Gasteiger charge is -2.13. The first-order valence-corrected chi connectivity index (χ1v) is 6.48. The minimum atomic E-state index is -0.286. The second-order valence-corrected chi connectivity index (χ2v) is 4.79. The van der Waals surface area contributed by atoms with E-state index in [1.165, 1.54) is 12.1 Å². The van der Waals surface area contributed by atoms with E-state index in [0.29, 0.717) is 30.1 Å². The summed E-state index contributed by atoms with van der Waals surface area (Å²) in [6, 6.07) is 4.75. The molecule has 1 aromatic carbocycles. The van der Waals surface area contributed by atoms with Crippen molar-refractivity contribution in [2.45, 2.75) is 40.0 Å². The normalized spacial score (nSPS) is 11.1. The van der Waals surface area contributed by atoms with E-state index < -0.39 is 0 Å². The van der Waals surface area contributed by atoms with Gasteiger partial charge >= 0.3 is 0 Å². The molecular weight excluding hydrogens is 261 g/mol. The standard InChI is InChI=1S/C14H18FN3O2/c1-9(2)16-7-11-6-12(15)4-5-13(11)19-8-14-18-17-10(3)20-14/h4-6,9,16H,7-8H2,1-3H3. The number of ether oxygens (including phenoxy) is 1. The van der Waals surface area contributed by atoms with Gasteiger partial charge in [-0.05, 0) is 18.2 Å². The fraction of sp³-hybridized carbons (Fsp3) is 0.429. The smallest absolute Gasteiger partial charge is 0.253 e. The highest BCUT2D eigenvalue weighted by atomic mass is 19.1. The Morgan fingerprint density at radius 2 is 2.15 bits per heavy atom. The van der Waals surface area contributed by atoms with Crippen molar-refractivity contribution >= 4 is 0 Å². The number of rotatable bonds is 6. The second-order valence-electron chi connectivity index (χ2n) is 4.79. The lowest BCUT2D eigenvalue weighted by atomic mass is 10.2. The number of halogens is 1. The summed E-state index contributed by atoms with van der Waals surface area (Å²) in [7, 11) is 0. The second kappa shape index (κ2) is 6.47. The van der Waals surface area contributed by atoms with Crippen LogP contribution in [0.4, 0.5) is 4.39 Å². The van der Waals surface area contributed by atoms with Gasteiger partial charge < -0.3 is 14.5 Å². The molecule has 0 bridgehead atoms. The van der Waals surface area contributed by atoms with Crippen molar-refractivity contribution < 1.29 is 13.5 Å². The van der Waals surface area contributed by atoms with Crippen LogP contribution < -0.4 is 10.1 Å². The molecule has 2 aromatic rings. The summed E-state index contributed by atoms with van der Waals surface area (Å²) >= 11 is 0. The molecule has 6 heteroatoms. The molecule has 1 heterocycles. The average molecular weight is 279 g/mol. The van der Waals surface area contributed by atoms with Gasteiger partial charge in [-0.1, -0.05) is 13.8 Å². The summed E-state index contributed by atoms with van der Waals surface area (Å²) in [6.45, 7) is 6.48. The Kier molecular flexibility index (Phi) is 4.68. The molecule has 0 radical (unpaired) electrons. The van der Waals surface area contributed by atoms with Crippen LogP contribution in [0.15, 0.2) is 22.6 Å². The van der Waals surface area contributed by atoms with Gasteiger partial charge in [0.1, 0.15) is 11.6 Å². The van der Waals surface area contributed by atoms with Crippen LogP contribution in [0.3, 0.4) is 0 Å². The van der Waals surface area contributed by atoms with E-state index in [1.807, 2.05) is 13.8 Å². The van der Waals surface area contributed by atoms with E-state index in [9.17, 15) is 4.39 Å². The molecule has 0 fully saturated rings. The number of nitrogens with one attached hydrogen (secondary N) is 1. The minimum Gasteiger partial charge on any atom is -0.483 e. The third-order valence-corrected chi connectivity index (χ3v) is 2.64. The van der Waals surface area contributed by atoms with E-state index in [4.69, 9.17) is 9.15 Å². The highest BCUT2D eigenvalue weighted by molar-refractivity contribution is 5.34. The summed E-state index contributed by atoms with van der Waals surface area (Å²) in [5, 5.41) is 10.8. The maximum atomic E-state index is 13.3. The van der Waals surface area contributed by atoms with Gasteiger partial charge in [0, 0.05) is 25.1 Å². The van der Waals surface area contributed by atoms with E-state index in [2.05, 4.69) is 15.5 Å². The monoisotopic (exact) mass is 279 g/mol. The van der Waals surface area contributed by atoms with Crippen LogP contribution in [0.25, 0.3) is 0 Å². The van der Waals surface area contributed by atoms with E-state index >= 15 is 0 Å². The molecular formula is C14H18FN3O2. The van der Waals surface area contributed by atoms with Crippen molar-refractivity contribution in [3.05, 3.63) is 41.4 Å². The Labute approximate surface area is 117 Å². The van der Waals surface area contributed by atoms with Crippen LogP contribution in [-0.2, 0) is 13.2 Å². The molecule has 0 saturated carbocycles. The molecule has 2 rings (SSSR count). The molecule has 0 atom stereocenters. The van der Waals surface area contributed by atoms with Gasteiger partial charge in [0.2, 0.25) is 5.89 Å². The molecule has 0 unspecified atom stereocenters. The maximum Gasteiger partial charge on any atom is 0.253 e. The summed E-state index contributed by atoms with van der Waals surface area (Å²) < 4.78 is 24.2. The molecule has 1 N–H and O–H groups in total. The molecule has 0 aliphatic heterocycles. The predicted molar refractivity (Wildman–Crippen MR) is 71.7 cm³/mol. The molecule has 0 aliphatic carbocycles. The molecule has 0 saturated heterocycles. The highest BCUT2D eigenvalue weighted by Crippen LogP contribution is 2.21. The fourth-order valence-corrected chi connectivity index (χ4v) is 1.68. The minimum absolute atomic E-state index is 0.168. The third-order valence-electron chi connectivity index (χ3n) is 2.64. The number of aromatic nitrogens is 2. The first kappa shape index (κ1) is 14.5. The average Bonchev–Trinajstić information content (AvgIpc) is 2.81. The zero-order valence-electron chi connectivity index (χ0n) is 11.8. The summed E-state index contributed by atoms with van der Waals surface area (Å²) in [5.41, 5.74) is 0.759. The Morgan fingerprint density at radius 3 is 2.80 bits per heavy atom. The van der Waals surface area contributed by atoms with E-state index in [-0.39, 0.29) is 12.4 Å². The topological polar surface area (TPSA) is 60.2 Å². The van der Waals surface area contributed by atoms with Gasteiger partial charge in [0.05, 0.1) is 0 Å². The summed E-state index contributed by atoms with van der Waals surface area (Å²) in [5.74, 6) is 1.21. The Morgan fingerprint density at radius 1 is 1.35 bits per heavy atom. The first-order valence-electron chi connectivity index (χ1n) is 6.48. The zero-order valence-corrected chi connectivity index (χ0v) is 11.8. The number of hydrogen-bond acceptors (Lipinski definition) is 5. The molecule has 0 aliphatic rings. The SMILES string of the molecule is Cc1nnc(COc2ccc(F)cc2CNC(C)C)o1. The van der Waals surface area contributed by atoms with Gasteiger partial charge in [0.15, 0.2) is 6.61 Å². The number of aryl methyl sites for hydroxylation is 1. The molecule has 20 heavy (non-hydrogen) atoms. The van der Waals surface area contributed by atoms with Crippen LogP contribution >= 0.6 is 0 Å². The van der Waals surface area contributed by atoms with Crippen molar-refractivity contribution in [1.82, 2.24) is 15.5 Å². The van der Waals surface area contributed by atoms with Gasteiger partial charge in [-0.15, -0.1) is 10.2 Å². The van der Waals surface area contributed by atoms with Crippen molar-refractivity contribution in [1.29, 1.82) is 0 Å². The van der Waals surface area contributed by atoms with Crippen LogP contribution in [0.1, 0.15) is 31.2 Å². The highest BCUT2D eigenvalue weighted by Gasteiger charge is 2.09. The predicted octanol–water partition coefficient (Wildman–Crippen LogP) is 2.59. The van der Waals surface area contributed by atoms with E-state index in [0.717, 1.165) is 5.56 Å².